The fourth-order valence-corrected chi connectivity index (χ4v) is 2.41. The highest BCUT2D eigenvalue weighted by Crippen LogP contribution is 2.17. The Morgan fingerprint density at radius 1 is 1.15 bits per heavy atom. The van der Waals surface area contributed by atoms with E-state index in [4.69, 9.17) is 5.11 Å². The molecule has 0 spiro atoms. The van der Waals surface area contributed by atoms with Crippen LogP contribution in [0.2, 0.25) is 0 Å². The third-order valence-electron chi connectivity index (χ3n) is 3.61. The van der Waals surface area contributed by atoms with Gasteiger partial charge in [0.05, 0.1) is 5.56 Å². The van der Waals surface area contributed by atoms with Crippen LogP contribution in [0.4, 0.5) is 10.5 Å². The predicted octanol–water partition coefficient (Wildman–Crippen LogP) is 3.10. The molecule has 2 amide bonds. The van der Waals surface area contributed by atoms with E-state index in [9.17, 15) is 9.59 Å². The number of carboxylic acids is 1. The Bertz CT molecular complexity index is 506. The quantitative estimate of drug-likeness (QED) is 0.872. The van der Waals surface area contributed by atoms with E-state index in [0.717, 1.165) is 38.8 Å². The summed E-state index contributed by atoms with van der Waals surface area (Å²) in [4.78, 5) is 25.0. The van der Waals surface area contributed by atoms with Gasteiger partial charge in [0.15, 0.2) is 0 Å². The van der Waals surface area contributed by atoms with E-state index in [1.54, 1.807) is 24.0 Å². The monoisotopic (exact) mass is 276 g/mol. The lowest BCUT2D eigenvalue weighted by molar-refractivity contribution is 0.0696. The maximum absolute atomic E-state index is 12.2. The summed E-state index contributed by atoms with van der Waals surface area (Å²) in [6, 6.07) is 4.80. The normalized spacial score (nSPS) is 15.6. The van der Waals surface area contributed by atoms with Gasteiger partial charge in [-0.05, 0) is 37.5 Å². The van der Waals surface area contributed by atoms with Crippen LogP contribution in [0.15, 0.2) is 18.2 Å². The van der Waals surface area contributed by atoms with Crippen LogP contribution in [0.3, 0.4) is 0 Å². The van der Waals surface area contributed by atoms with Gasteiger partial charge in [0.1, 0.15) is 0 Å². The maximum atomic E-state index is 12.2. The van der Waals surface area contributed by atoms with Crippen LogP contribution < -0.4 is 5.32 Å². The van der Waals surface area contributed by atoms with Crippen LogP contribution >= 0.6 is 0 Å². The number of carbonyl (C=O) groups excluding carboxylic acids is 1. The highest BCUT2D eigenvalue weighted by atomic mass is 16.4. The second-order valence-corrected chi connectivity index (χ2v) is 5.17. The predicted molar refractivity (Wildman–Crippen MR) is 77.2 cm³/mol. The molecule has 2 rings (SSSR count). The van der Waals surface area contributed by atoms with Crippen LogP contribution in [0.5, 0.6) is 0 Å². The third-order valence-corrected chi connectivity index (χ3v) is 3.61. The van der Waals surface area contributed by atoms with Gasteiger partial charge in [-0.1, -0.05) is 18.9 Å². The number of nitrogens with one attached hydrogen (secondary N) is 1. The summed E-state index contributed by atoms with van der Waals surface area (Å²) in [5.41, 5.74) is 1.44. The van der Waals surface area contributed by atoms with Gasteiger partial charge in [0.2, 0.25) is 0 Å². The molecular weight excluding hydrogens is 256 g/mol. The van der Waals surface area contributed by atoms with E-state index in [1.807, 2.05) is 0 Å². The number of aryl methyl sites for hydroxylation is 1. The fourth-order valence-electron chi connectivity index (χ4n) is 2.41. The van der Waals surface area contributed by atoms with Crippen LogP contribution in [0.1, 0.15) is 41.6 Å². The van der Waals surface area contributed by atoms with E-state index < -0.39 is 5.97 Å². The van der Waals surface area contributed by atoms with Gasteiger partial charge in [-0.15, -0.1) is 0 Å². The SMILES string of the molecule is Cc1ccc(NC(=O)N2CCCCCC2)cc1C(=O)O. The number of likely N-dealkylation sites (tertiary alicyclic amines) is 1. The number of urea groups is 1. The van der Waals surface area contributed by atoms with E-state index >= 15 is 0 Å². The molecule has 0 aliphatic carbocycles. The van der Waals surface area contributed by atoms with Crippen molar-refractivity contribution in [3.8, 4) is 0 Å². The molecule has 1 aromatic rings. The van der Waals surface area contributed by atoms with Crippen molar-refractivity contribution in [1.29, 1.82) is 0 Å². The van der Waals surface area contributed by atoms with Gasteiger partial charge >= 0.3 is 12.0 Å². The molecule has 2 N–H and O–H groups in total. The summed E-state index contributed by atoms with van der Waals surface area (Å²) in [6.45, 7) is 3.27. The zero-order valence-electron chi connectivity index (χ0n) is 11.7. The lowest BCUT2D eigenvalue weighted by atomic mass is 10.1. The molecule has 0 atom stereocenters. The van der Waals surface area contributed by atoms with E-state index in [1.165, 1.54) is 6.07 Å². The van der Waals surface area contributed by atoms with Crippen molar-refractivity contribution in [1.82, 2.24) is 4.90 Å². The number of carbonyl (C=O) groups is 2. The first-order chi connectivity index (χ1) is 9.58. The molecule has 1 heterocycles. The summed E-state index contributed by atoms with van der Waals surface area (Å²) in [6.07, 6.45) is 4.39. The van der Waals surface area contributed by atoms with E-state index in [0.29, 0.717) is 11.3 Å². The first kappa shape index (κ1) is 14.4. The molecular formula is C15H20N2O3. The number of hydrogen-bond donors (Lipinski definition) is 2. The summed E-state index contributed by atoms with van der Waals surface area (Å²) < 4.78 is 0. The fraction of sp³-hybridized carbons (Fsp3) is 0.467. The molecule has 1 fully saturated rings. The average Bonchev–Trinajstić information content (AvgIpc) is 2.69. The molecule has 0 aromatic heterocycles. The van der Waals surface area contributed by atoms with Crippen LogP contribution in [0.25, 0.3) is 0 Å². The number of hydrogen-bond acceptors (Lipinski definition) is 2. The van der Waals surface area contributed by atoms with Crippen molar-refractivity contribution in [2.75, 3.05) is 18.4 Å². The number of benzene rings is 1. The van der Waals surface area contributed by atoms with Gasteiger partial charge < -0.3 is 15.3 Å². The Morgan fingerprint density at radius 3 is 2.40 bits per heavy atom. The van der Waals surface area contributed by atoms with Gasteiger partial charge in [0.25, 0.3) is 0 Å². The second kappa shape index (κ2) is 6.41. The molecule has 0 unspecified atom stereocenters. The van der Waals surface area contributed by atoms with Gasteiger partial charge in [-0.2, -0.15) is 0 Å². The highest BCUT2D eigenvalue weighted by Gasteiger charge is 2.16. The summed E-state index contributed by atoms with van der Waals surface area (Å²) in [5.74, 6) is -0.978. The molecule has 0 radical (unpaired) electrons. The minimum absolute atomic E-state index is 0.146. The van der Waals surface area contributed by atoms with Crippen molar-refractivity contribution in [2.24, 2.45) is 0 Å². The number of nitrogens with zero attached hydrogens (tertiary/aromatic N) is 1. The average molecular weight is 276 g/mol. The zero-order valence-corrected chi connectivity index (χ0v) is 11.7. The molecule has 5 nitrogen and oxygen atoms in total. The Balaban J connectivity index is 2.07. The first-order valence-electron chi connectivity index (χ1n) is 6.98. The maximum Gasteiger partial charge on any atom is 0.336 e. The first-order valence-corrected chi connectivity index (χ1v) is 6.98. The lowest BCUT2D eigenvalue weighted by Crippen LogP contribution is -2.35. The minimum Gasteiger partial charge on any atom is -0.478 e. The highest BCUT2D eigenvalue weighted by molar-refractivity contribution is 5.94. The third kappa shape index (κ3) is 3.50. The Hall–Kier alpha value is -2.04. The van der Waals surface area contributed by atoms with Crippen LogP contribution in [-0.4, -0.2) is 35.1 Å². The standard InChI is InChI=1S/C15H20N2O3/c1-11-6-7-12(10-13(11)14(18)19)16-15(20)17-8-4-2-3-5-9-17/h6-7,10H,2-5,8-9H2,1H3,(H,16,20)(H,18,19). The van der Waals surface area contributed by atoms with Crippen LogP contribution in [0, 0.1) is 6.92 Å². The van der Waals surface area contributed by atoms with Crippen molar-refractivity contribution in [3.05, 3.63) is 29.3 Å². The van der Waals surface area contributed by atoms with Crippen molar-refractivity contribution < 1.29 is 14.7 Å². The number of anilines is 1. The minimum atomic E-state index is -0.978. The molecule has 1 aromatic carbocycles. The summed E-state index contributed by atoms with van der Waals surface area (Å²) >= 11 is 0. The molecule has 1 aliphatic heterocycles. The zero-order chi connectivity index (χ0) is 14.5. The van der Waals surface area contributed by atoms with E-state index in [2.05, 4.69) is 5.32 Å². The number of rotatable bonds is 2. The van der Waals surface area contributed by atoms with Gasteiger partial charge in [-0.25, -0.2) is 9.59 Å². The molecule has 5 heteroatoms. The summed E-state index contributed by atoms with van der Waals surface area (Å²) in [7, 11) is 0. The topological polar surface area (TPSA) is 69.6 Å². The van der Waals surface area contributed by atoms with Crippen molar-refractivity contribution in [3.63, 3.8) is 0 Å². The summed E-state index contributed by atoms with van der Waals surface area (Å²) in [5, 5.41) is 11.9. The number of amides is 2. The van der Waals surface area contributed by atoms with Crippen molar-refractivity contribution >= 4 is 17.7 Å². The molecule has 0 bridgehead atoms. The molecule has 1 saturated heterocycles. The van der Waals surface area contributed by atoms with E-state index in [-0.39, 0.29) is 11.6 Å². The lowest BCUT2D eigenvalue weighted by Gasteiger charge is -2.21. The number of carboxylic acid groups (broad SMARTS) is 1. The molecule has 108 valence electrons. The largest absolute Gasteiger partial charge is 0.478 e. The Morgan fingerprint density at radius 2 is 1.80 bits per heavy atom. The molecule has 20 heavy (non-hydrogen) atoms. The van der Waals surface area contributed by atoms with Crippen molar-refractivity contribution in [2.45, 2.75) is 32.6 Å². The number of aromatic carboxylic acids is 1. The Kier molecular flexibility index (Phi) is 4.61. The molecule has 0 saturated carbocycles. The van der Waals surface area contributed by atoms with Gasteiger partial charge in [0, 0.05) is 18.8 Å². The molecule has 1 aliphatic rings. The smallest absolute Gasteiger partial charge is 0.336 e. The second-order valence-electron chi connectivity index (χ2n) is 5.17. The van der Waals surface area contributed by atoms with Crippen LogP contribution in [-0.2, 0) is 0 Å². The van der Waals surface area contributed by atoms with Gasteiger partial charge in [-0.3, -0.25) is 0 Å². The Labute approximate surface area is 118 Å².